The predicted molar refractivity (Wildman–Crippen MR) is 52.1 cm³/mol. The van der Waals surface area contributed by atoms with E-state index in [0.717, 1.165) is 5.57 Å². The molecular weight excluding hydrogens is 152 g/mol. The van der Waals surface area contributed by atoms with Crippen LogP contribution >= 0.6 is 0 Å². The van der Waals surface area contributed by atoms with Crippen molar-refractivity contribution in [2.45, 2.75) is 19.6 Å². The van der Waals surface area contributed by atoms with Crippen LogP contribution in [0.15, 0.2) is 29.3 Å². The van der Waals surface area contributed by atoms with Gasteiger partial charge >= 0.3 is 0 Å². The molecule has 0 amide bonds. The topological polar surface area (TPSA) is 58.6 Å². The first kappa shape index (κ1) is 11.1. The van der Waals surface area contributed by atoms with Crippen molar-refractivity contribution in [2.75, 3.05) is 6.54 Å². The van der Waals surface area contributed by atoms with Gasteiger partial charge < -0.3 is 10.8 Å². The van der Waals surface area contributed by atoms with Crippen LogP contribution in [-0.4, -0.2) is 23.6 Å². The second-order valence-corrected chi connectivity index (χ2v) is 2.96. The molecule has 0 aliphatic heterocycles. The summed E-state index contributed by atoms with van der Waals surface area (Å²) >= 11 is 0. The van der Waals surface area contributed by atoms with E-state index in [0.29, 0.717) is 0 Å². The van der Waals surface area contributed by atoms with Gasteiger partial charge in [-0.15, -0.1) is 0 Å². The molecule has 3 N–H and O–H groups in total. The SMILES string of the molecule is C=C/C(C)=C\C=N\C[C@](C)(N)O. The monoisotopic (exact) mass is 168 g/mol. The largest absolute Gasteiger partial charge is 0.374 e. The molecule has 68 valence electrons. The number of hydrogen-bond acceptors (Lipinski definition) is 3. The Morgan fingerprint density at radius 2 is 2.33 bits per heavy atom. The molecule has 0 saturated carbocycles. The van der Waals surface area contributed by atoms with E-state index >= 15 is 0 Å². The van der Waals surface area contributed by atoms with Gasteiger partial charge in [0.2, 0.25) is 0 Å². The highest BCUT2D eigenvalue weighted by atomic mass is 16.3. The third-order valence-electron chi connectivity index (χ3n) is 1.18. The van der Waals surface area contributed by atoms with Gasteiger partial charge in [0.15, 0.2) is 0 Å². The zero-order valence-corrected chi connectivity index (χ0v) is 7.62. The molecule has 0 fully saturated rings. The average Bonchev–Trinajstić information content (AvgIpc) is 1.96. The van der Waals surface area contributed by atoms with E-state index < -0.39 is 5.72 Å². The molecule has 0 heterocycles. The summed E-state index contributed by atoms with van der Waals surface area (Å²) in [4.78, 5) is 3.91. The maximum absolute atomic E-state index is 9.06. The predicted octanol–water partition coefficient (Wildman–Crippen LogP) is 0.857. The van der Waals surface area contributed by atoms with Gasteiger partial charge in [-0.1, -0.05) is 18.2 Å². The second-order valence-electron chi connectivity index (χ2n) is 2.96. The van der Waals surface area contributed by atoms with Crippen molar-refractivity contribution in [2.24, 2.45) is 10.7 Å². The average molecular weight is 168 g/mol. The van der Waals surface area contributed by atoms with Crippen molar-refractivity contribution in [3.05, 3.63) is 24.3 Å². The molecule has 1 atom stereocenters. The molecule has 12 heavy (non-hydrogen) atoms. The van der Waals surface area contributed by atoms with Crippen LogP contribution < -0.4 is 5.73 Å². The van der Waals surface area contributed by atoms with E-state index in [2.05, 4.69) is 11.6 Å². The van der Waals surface area contributed by atoms with E-state index in [1.54, 1.807) is 18.4 Å². The summed E-state index contributed by atoms with van der Waals surface area (Å²) in [5.74, 6) is 0. The fraction of sp³-hybridized carbons (Fsp3) is 0.444. The Morgan fingerprint density at radius 3 is 2.75 bits per heavy atom. The number of aliphatic hydroxyl groups is 1. The lowest BCUT2D eigenvalue weighted by Crippen LogP contribution is -2.38. The van der Waals surface area contributed by atoms with Crippen molar-refractivity contribution < 1.29 is 5.11 Å². The van der Waals surface area contributed by atoms with Crippen LogP contribution in [0.3, 0.4) is 0 Å². The van der Waals surface area contributed by atoms with Crippen LogP contribution in [0.25, 0.3) is 0 Å². The molecule has 0 bridgehead atoms. The number of hydrogen-bond donors (Lipinski definition) is 2. The minimum atomic E-state index is -1.22. The first-order valence-corrected chi connectivity index (χ1v) is 3.76. The molecule has 0 aliphatic rings. The van der Waals surface area contributed by atoms with Crippen molar-refractivity contribution in [3.63, 3.8) is 0 Å². The third kappa shape index (κ3) is 7.18. The molecule has 3 nitrogen and oxygen atoms in total. The molecule has 3 heteroatoms. The summed E-state index contributed by atoms with van der Waals surface area (Å²) in [6, 6.07) is 0. The normalized spacial score (nSPS) is 17.8. The summed E-state index contributed by atoms with van der Waals surface area (Å²) in [6.07, 6.45) is 5.14. The minimum Gasteiger partial charge on any atom is -0.374 e. The Bertz CT molecular complexity index is 199. The van der Waals surface area contributed by atoms with Gasteiger partial charge in [0.25, 0.3) is 0 Å². The lowest BCUT2D eigenvalue weighted by atomic mass is 10.3. The summed E-state index contributed by atoms with van der Waals surface area (Å²) < 4.78 is 0. The Hall–Kier alpha value is -0.930. The van der Waals surface area contributed by atoms with Crippen LogP contribution in [0.2, 0.25) is 0 Å². The maximum atomic E-state index is 9.06. The van der Waals surface area contributed by atoms with Crippen molar-refractivity contribution in [1.82, 2.24) is 0 Å². The number of nitrogens with zero attached hydrogens (tertiary/aromatic N) is 1. The summed E-state index contributed by atoms with van der Waals surface area (Å²) in [7, 11) is 0. The summed E-state index contributed by atoms with van der Waals surface area (Å²) in [5.41, 5.74) is 5.09. The van der Waals surface area contributed by atoms with Gasteiger partial charge in [0.05, 0.1) is 6.54 Å². The quantitative estimate of drug-likeness (QED) is 0.371. The summed E-state index contributed by atoms with van der Waals surface area (Å²) in [6.45, 7) is 7.21. The lowest BCUT2D eigenvalue weighted by Gasteiger charge is -2.12. The highest BCUT2D eigenvalue weighted by molar-refractivity contribution is 5.72. The molecule has 0 saturated heterocycles. The zero-order valence-electron chi connectivity index (χ0n) is 7.62. The first-order chi connectivity index (χ1) is 5.45. The van der Waals surface area contributed by atoms with E-state index in [4.69, 9.17) is 10.8 Å². The highest BCUT2D eigenvalue weighted by Gasteiger charge is 2.09. The Balaban J connectivity index is 3.86. The van der Waals surface area contributed by atoms with Crippen molar-refractivity contribution >= 4 is 6.21 Å². The molecule has 0 aliphatic carbocycles. The van der Waals surface area contributed by atoms with Crippen LogP contribution in [0.5, 0.6) is 0 Å². The van der Waals surface area contributed by atoms with E-state index in [1.807, 2.05) is 6.92 Å². The second kappa shape index (κ2) is 4.85. The van der Waals surface area contributed by atoms with Crippen molar-refractivity contribution in [3.8, 4) is 0 Å². The standard InChI is InChI=1S/C9H16N2O/c1-4-8(2)5-6-11-7-9(3,10)12/h4-6,12H,1,7,10H2,2-3H3/b8-5-,11-6+/t9-/m1/s1. The van der Waals surface area contributed by atoms with Gasteiger partial charge in [-0.3, -0.25) is 4.99 Å². The smallest absolute Gasteiger partial charge is 0.130 e. The third-order valence-corrected chi connectivity index (χ3v) is 1.18. The van der Waals surface area contributed by atoms with Gasteiger partial charge in [-0.2, -0.15) is 0 Å². The van der Waals surface area contributed by atoms with Crippen LogP contribution in [0.1, 0.15) is 13.8 Å². The van der Waals surface area contributed by atoms with Gasteiger partial charge in [-0.05, 0) is 19.9 Å². The fourth-order valence-electron chi connectivity index (χ4n) is 0.476. The molecule has 0 unspecified atom stereocenters. The molecule has 0 spiro atoms. The van der Waals surface area contributed by atoms with Gasteiger partial charge in [-0.25, -0.2) is 0 Å². The fourth-order valence-corrected chi connectivity index (χ4v) is 0.476. The molecule has 0 aromatic heterocycles. The molecule has 0 rings (SSSR count). The van der Waals surface area contributed by atoms with Crippen LogP contribution in [0.4, 0.5) is 0 Å². The van der Waals surface area contributed by atoms with E-state index in [1.165, 1.54) is 6.92 Å². The molecule has 0 aromatic rings. The van der Waals surface area contributed by atoms with Crippen LogP contribution in [0, 0.1) is 0 Å². The minimum absolute atomic E-state index is 0.202. The molecule has 0 radical (unpaired) electrons. The molecular formula is C9H16N2O. The zero-order chi connectivity index (χ0) is 9.61. The van der Waals surface area contributed by atoms with E-state index in [-0.39, 0.29) is 6.54 Å². The Morgan fingerprint density at radius 1 is 1.75 bits per heavy atom. The van der Waals surface area contributed by atoms with E-state index in [9.17, 15) is 0 Å². The number of allylic oxidation sites excluding steroid dienone is 3. The molecule has 0 aromatic carbocycles. The number of aliphatic imine (C=N–C) groups is 1. The highest BCUT2D eigenvalue weighted by Crippen LogP contribution is 1.93. The Kier molecular flexibility index (Phi) is 4.47. The van der Waals surface area contributed by atoms with Crippen molar-refractivity contribution in [1.29, 1.82) is 0 Å². The Labute approximate surface area is 73.3 Å². The number of rotatable bonds is 4. The van der Waals surface area contributed by atoms with Gasteiger partial charge in [0.1, 0.15) is 5.72 Å². The number of nitrogens with two attached hydrogens (primary N) is 1. The first-order valence-electron chi connectivity index (χ1n) is 3.76. The van der Waals surface area contributed by atoms with Gasteiger partial charge in [0, 0.05) is 6.21 Å². The summed E-state index contributed by atoms with van der Waals surface area (Å²) in [5, 5.41) is 9.06. The maximum Gasteiger partial charge on any atom is 0.130 e. The van der Waals surface area contributed by atoms with Crippen LogP contribution in [-0.2, 0) is 0 Å². The lowest BCUT2D eigenvalue weighted by molar-refractivity contribution is 0.0773.